The lowest BCUT2D eigenvalue weighted by molar-refractivity contribution is -0.384. The first-order chi connectivity index (χ1) is 9.90. The van der Waals surface area contributed by atoms with Gasteiger partial charge in [-0.05, 0) is 6.07 Å². The van der Waals surface area contributed by atoms with Crippen LogP contribution in [0.5, 0.6) is 0 Å². The minimum Gasteiger partial charge on any atom is -0.349 e. The number of nitro benzene ring substituents is 1. The SMILES string of the molecule is O=[N+]([O-])c1ccc(S(=O)(=O)NCCc2ncc[nH]2)c(Cl)c1. The number of nitro groups is 1. The van der Waals surface area contributed by atoms with Crippen molar-refractivity contribution >= 4 is 27.3 Å². The molecule has 0 unspecified atom stereocenters. The molecule has 0 fully saturated rings. The Balaban J connectivity index is 2.10. The van der Waals surface area contributed by atoms with E-state index < -0.39 is 14.9 Å². The highest BCUT2D eigenvalue weighted by Crippen LogP contribution is 2.25. The monoisotopic (exact) mass is 330 g/mol. The summed E-state index contributed by atoms with van der Waals surface area (Å²) in [4.78, 5) is 16.6. The van der Waals surface area contributed by atoms with Crippen LogP contribution in [0.15, 0.2) is 35.5 Å². The summed E-state index contributed by atoms with van der Waals surface area (Å²) in [6.07, 6.45) is 3.59. The van der Waals surface area contributed by atoms with Gasteiger partial charge in [0.1, 0.15) is 10.7 Å². The molecule has 2 rings (SSSR count). The Morgan fingerprint density at radius 1 is 1.43 bits per heavy atom. The summed E-state index contributed by atoms with van der Waals surface area (Å²) in [5.41, 5.74) is -0.269. The molecule has 21 heavy (non-hydrogen) atoms. The highest BCUT2D eigenvalue weighted by atomic mass is 35.5. The number of hydrogen-bond acceptors (Lipinski definition) is 5. The average Bonchev–Trinajstić information content (AvgIpc) is 2.91. The highest BCUT2D eigenvalue weighted by molar-refractivity contribution is 7.89. The molecule has 0 aliphatic rings. The van der Waals surface area contributed by atoms with Crippen molar-refractivity contribution in [2.45, 2.75) is 11.3 Å². The summed E-state index contributed by atoms with van der Waals surface area (Å²) < 4.78 is 26.5. The van der Waals surface area contributed by atoms with Gasteiger partial charge in [-0.1, -0.05) is 11.6 Å². The number of aromatic nitrogens is 2. The fourth-order valence-corrected chi connectivity index (χ4v) is 3.21. The average molecular weight is 331 g/mol. The normalized spacial score (nSPS) is 11.5. The van der Waals surface area contributed by atoms with Gasteiger partial charge in [0.05, 0.1) is 9.95 Å². The zero-order valence-electron chi connectivity index (χ0n) is 10.6. The topological polar surface area (TPSA) is 118 Å². The number of aromatic amines is 1. The van der Waals surface area contributed by atoms with Crippen molar-refractivity contribution in [3.05, 3.63) is 51.6 Å². The summed E-state index contributed by atoms with van der Waals surface area (Å²) in [5.74, 6) is 0.646. The molecule has 2 N–H and O–H groups in total. The third-order valence-electron chi connectivity index (χ3n) is 2.62. The van der Waals surface area contributed by atoms with E-state index in [2.05, 4.69) is 14.7 Å². The molecule has 1 heterocycles. The predicted molar refractivity (Wildman–Crippen MR) is 75.6 cm³/mol. The zero-order chi connectivity index (χ0) is 15.5. The summed E-state index contributed by atoms with van der Waals surface area (Å²) >= 11 is 5.79. The van der Waals surface area contributed by atoms with Crippen molar-refractivity contribution in [3.8, 4) is 0 Å². The van der Waals surface area contributed by atoms with Crippen molar-refractivity contribution in [3.63, 3.8) is 0 Å². The maximum absolute atomic E-state index is 12.1. The van der Waals surface area contributed by atoms with Crippen LogP contribution >= 0.6 is 11.6 Å². The lowest BCUT2D eigenvalue weighted by Gasteiger charge is -2.07. The van der Waals surface area contributed by atoms with Crippen LogP contribution in [0.1, 0.15) is 5.82 Å². The minimum atomic E-state index is -3.83. The van der Waals surface area contributed by atoms with E-state index in [1.54, 1.807) is 12.4 Å². The first-order valence-electron chi connectivity index (χ1n) is 5.82. The zero-order valence-corrected chi connectivity index (χ0v) is 12.2. The second-order valence-electron chi connectivity index (χ2n) is 4.06. The van der Waals surface area contributed by atoms with Crippen LogP contribution < -0.4 is 4.72 Å². The summed E-state index contributed by atoms with van der Waals surface area (Å²) in [5, 5.41) is 10.4. The van der Waals surface area contributed by atoms with Gasteiger partial charge in [0.2, 0.25) is 10.0 Å². The molecule has 8 nitrogen and oxygen atoms in total. The van der Waals surface area contributed by atoms with Crippen LogP contribution in [-0.4, -0.2) is 29.9 Å². The number of benzene rings is 1. The Bertz CT molecular complexity index is 746. The molecule has 0 bridgehead atoms. The van der Waals surface area contributed by atoms with Crippen molar-refractivity contribution < 1.29 is 13.3 Å². The standard InChI is InChI=1S/C11H11ClN4O4S/c12-9-7-8(16(17)18)1-2-10(9)21(19,20)15-4-3-11-13-5-6-14-11/h1-2,5-7,15H,3-4H2,(H,13,14). The van der Waals surface area contributed by atoms with Gasteiger partial charge in [-0.3, -0.25) is 10.1 Å². The molecule has 0 aliphatic carbocycles. The highest BCUT2D eigenvalue weighted by Gasteiger charge is 2.20. The van der Waals surface area contributed by atoms with E-state index >= 15 is 0 Å². The smallest absolute Gasteiger partial charge is 0.271 e. The Labute approximate surface area is 125 Å². The molecule has 0 saturated carbocycles. The molecule has 0 aliphatic heterocycles. The van der Waals surface area contributed by atoms with Gasteiger partial charge in [-0.2, -0.15) is 0 Å². The Kier molecular flexibility index (Phi) is 4.56. The summed E-state index contributed by atoms with van der Waals surface area (Å²) in [7, 11) is -3.83. The second kappa shape index (κ2) is 6.20. The van der Waals surface area contributed by atoms with Gasteiger partial charge in [-0.15, -0.1) is 0 Å². The molecule has 1 aromatic carbocycles. The molecule has 0 atom stereocenters. The number of hydrogen-bond donors (Lipinski definition) is 2. The molecule has 0 amide bonds. The van der Waals surface area contributed by atoms with E-state index in [0.29, 0.717) is 12.2 Å². The maximum Gasteiger partial charge on any atom is 0.271 e. The van der Waals surface area contributed by atoms with Crippen LogP contribution in [0.4, 0.5) is 5.69 Å². The number of nitrogens with one attached hydrogen (secondary N) is 2. The summed E-state index contributed by atoms with van der Waals surface area (Å²) in [6, 6.07) is 3.20. The number of halogens is 1. The number of sulfonamides is 1. The molecule has 10 heteroatoms. The van der Waals surface area contributed by atoms with E-state index in [0.717, 1.165) is 18.2 Å². The van der Waals surface area contributed by atoms with Gasteiger partial charge >= 0.3 is 0 Å². The van der Waals surface area contributed by atoms with Crippen LogP contribution in [0, 0.1) is 10.1 Å². The molecule has 1 aromatic heterocycles. The van der Waals surface area contributed by atoms with E-state index in [1.165, 1.54) is 0 Å². The number of nitrogens with zero attached hydrogens (tertiary/aromatic N) is 2. The number of rotatable bonds is 6. The van der Waals surface area contributed by atoms with E-state index in [-0.39, 0.29) is 22.2 Å². The van der Waals surface area contributed by atoms with Gasteiger partial charge in [0.15, 0.2) is 0 Å². The van der Waals surface area contributed by atoms with Crippen molar-refractivity contribution in [2.75, 3.05) is 6.54 Å². The molecular weight excluding hydrogens is 320 g/mol. The van der Waals surface area contributed by atoms with E-state index in [4.69, 9.17) is 11.6 Å². The molecular formula is C11H11ClN4O4S. The second-order valence-corrected chi connectivity index (χ2v) is 6.20. The summed E-state index contributed by atoms with van der Waals surface area (Å²) in [6.45, 7) is 0.128. The maximum atomic E-state index is 12.1. The third-order valence-corrected chi connectivity index (χ3v) is 4.57. The van der Waals surface area contributed by atoms with Gasteiger partial charge in [-0.25, -0.2) is 18.1 Å². The molecule has 0 spiro atoms. The van der Waals surface area contributed by atoms with Crippen LogP contribution in [0.3, 0.4) is 0 Å². The van der Waals surface area contributed by atoms with Crippen molar-refractivity contribution in [2.24, 2.45) is 0 Å². The largest absolute Gasteiger partial charge is 0.349 e. The lowest BCUT2D eigenvalue weighted by atomic mass is 10.3. The number of H-pyrrole nitrogens is 1. The fourth-order valence-electron chi connectivity index (χ4n) is 1.64. The van der Waals surface area contributed by atoms with Gasteiger partial charge in [0.25, 0.3) is 5.69 Å². The molecule has 112 valence electrons. The molecule has 0 radical (unpaired) electrons. The Hall–Kier alpha value is -1.97. The number of imidazole rings is 1. The quantitative estimate of drug-likeness (QED) is 0.614. The minimum absolute atomic E-state index is 0.128. The molecule has 2 aromatic rings. The van der Waals surface area contributed by atoms with Crippen LogP contribution in [0.25, 0.3) is 0 Å². The molecule has 0 saturated heterocycles. The first kappa shape index (κ1) is 15.4. The first-order valence-corrected chi connectivity index (χ1v) is 7.68. The lowest BCUT2D eigenvalue weighted by Crippen LogP contribution is -2.26. The Morgan fingerprint density at radius 2 is 2.19 bits per heavy atom. The van der Waals surface area contributed by atoms with Crippen LogP contribution in [-0.2, 0) is 16.4 Å². The fraction of sp³-hybridized carbons (Fsp3) is 0.182. The predicted octanol–water partition coefficient (Wildman–Crippen LogP) is 1.49. The van der Waals surface area contributed by atoms with Gasteiger partial charge in [0, 0.05) is 37.5 Å². The van der Waals surface area contributed by atoms with Gasteiger partial charge < -0.3 is 4.98 Å². The van der Waals surface area contributed by atoms with Crippen LogP contribution in [0.2, 0.25) is 5.02 Å². The van der Waals surface area contributed by atoms with Crippen molar-refractivity contribution in [1.29, 1.82) is 0 Å². The third kappa shape index (κ3) is 3.78. The van der Waals surface area contributed by atoms with E-state index in [1.807, 2.05) is 0 Å². The number of non-ortho nitro benzene ring substituents is 1. The van der Waals surface area contributed by atoms with E-state index in [9.17, 15) is 18.5 Å². The van der Waals surface area contributed by atoms with Crippen molar-refractivity contribution in [1.82, 2.24) is 14.7 Å². The Morgan fingerprint density at radius 3 is 2.76 bits per heavy atom.